The topological polar surface area (TPSA) is 54.5 Å². The van der Waals surface area contributed by atoms with Crippen LogP contribution in [-0.4, -0.2) is 36.0 Å². The number of methoxy groups -OCH3 is 1. The van der Waals surface area contributed by atoms with E-state index in [4.69, 9.17) is 4.74 Å². The number of thioether (sulfide) groups is 1. The standard InChI is InChI=1S/C24H27N3O2S/c1-18(27(2)16-19-8-7-11-22(15-19)29-3)24(28)26-21-10-6-9-20(14-21)17-30-23-12-4-5-13-25-23/h4-15,18H,16-17H2,1-3H3,(H,26,28). The summed E-state index contributed by atoms with van der Waals surface area (Å²) in [6, 6.07) is 21.5. The lowest BCUT2D eigenvalue weighted by Gasteiger charge is -2.24. The number of carbonyl (C=O) groups is 1. The van der Waals surface area contributed by atoms with Crippen LogP contribution in [0.5, 0.6) is 5.75 Å². The van der Waals surface area contributed by atoms with Crippen molar-refractivity contribution in [3.05, 3.63) is 84.1 Å². The van der Waals surface area contributed by atoms with Crippen LogP contribution in [0.1, 0.15) is 18.1 Å². The first-order valence-corrected chi connectivity index (χ1v) is 10.8. The van der Waals surface area contributed by atoms with Crippen molar-refractivity contribution in [1.29, 1.82) is 0 Å². The molecule has 5 nitrogen and oxygen atoms in total. The fourth-order valence-electron chi connectivity index (χ4n) is 2.97. The minimum Gasteiger partial charge on any atom is -0.497 e. The lowest BCUT2D eigenvalue weighted by molar-refractivity contribution is -0.120. The molecule has 3 rings (SSSR count). The minimum absolute atomic E-state index is 0.0325. The van der Waals surface area contributed by atoms with E-state index in [1.165, 1.54) is 0 Å². The lowest BCUT2D eigenvalue weighted by Crippen LogP contribution is -2.39. The van der Waals surface area contributed by atoms with Gasteiger partial charge in [-0.15, -0.1) is 11.8 Å². The van der Waals surface area contributed by atoms with Crippen molar-refractivity contribution in [2.24, 2.45) is 0 Å². The molecular weight excluding hydrogens is 394 g/mol. The van der Waals surface area contributed by atoms with Gasteiger partial charge in [0.05, 0.1) is 18.2 Å². The van der Waals surface area contributed by atoms with Gasteiger partial charge < -0.3 is 10.1 Å². The third-order valence-corrected chi connectivity index (χ3v) is 5.84. The van der Waals surface area contributed by atoms with Crippen molar-refractivity contribution in [3.8, 4) is 5.75 Å². The van der Waals surface area contributed by atoms with Crippen molar-refractivity contribution in [2.75, 3.05) is 19.5 Å². The second-order valence-electron chi connectivity index (χ2n) is 7.09. The van der Waals surface area contributed by atoms with E-state index in [1.54, 1.807) is 25.1 Å². The second kappa shape index (κ2) is 10.8. The van der Waals surface area contributed by atoms with Gasteiger partial charge in [0.2, 0.25) is 5.91 Å². The summed E-state index contributed by atoms with van der Waals surface area (Å²) in [5.74, 6) is 1.58. The molecule has 30 heavy (non-hydrogen) atoms. The molecule has 1 unspecified atom stereocenters. The molecular formula is C24H27N3O2S. The van der Waals surface area contributed by atoms with Gasteiger partial charge in [0.15, 0.2) is 0 Å². The Kier molecular flexibility index (Phi) is 7.88. The smallest absolute Gasteiger partial charge is 0.241 e. The van der Waals surface area contributed by atoms with Gasteiger partial charge in [-0.2, -0.15) is 0 Å². The quantitative estimate of drug-likeness (QED) is 0.501. The predicted octanol–water partition coefficient (Wildman–Crippen LogP) is 4.84. The number of hydrogen-bond donors (Lipinski definition) is 1. The van der Waals surface area contributed by atoms with Crippen LogP contribution in [0.4, 0.5) is 5.69 Å². The van der Waals surface area contributed by atoms with Gasteiger partial charge in [-0.3, -0.25) is 9.69 Å². The molecule has 0 fully saturated rings. The first-order valence-electron chi connectivity index (χ1n) is 9.82. The fraction of sp³-hybridized carbons (Fsp3) is 0.250. The Morgan fingerprint density at radius 1 is 1.10 bits per heavy atom. The maximum atomic E-state index is 12.8. The Morgan fingerprint density at radius 2 is 1.90 bits per heavy atom. The van der Waals surface area contributed by atoms with E-state index in [1.807, 2.05) is 79.5 Å². The molecule has 2 aromatic carbocycles. The Hall–Kier alpha value is -2.83. The molecule has 0 aliphatic carbocycles. The Bertz CT molecular complexity index is 965. The Balaban J connectivity index is 1.56. The molecule has 156 valence electrons. The number of carbonyl (C=O) groups excluding carboxylic acids is 1. The molecule has 0 bridgehead atoms. The first-order chi connectivity index (χ1) is 14.5. The number of ether oxygens (including phenoxy) is 1. The number of pyridine rings is 1. The van der Waals surface area contributed by atoms with E-state index in [2.05, 4.69) is 16.4 Å². The minimum atomic E-state index is -0.275. The number of hydrogen-bond acceptors (Lipinski definition) is 5. The summed E-state index contributed by atoms with van der Waals surface area (Å²) < 4.78 is 5.28. The van der Waals surface area contributed by atoms with Crippen LogP contribution in [-0.2, 0) is 17.1 Å². The van der Waals surface area contributed by atoms with Gasteiger partial charge in [-0.25, -0.2) is 4.98 Å². The SMILES string of the molecule is COc1cccc(CN(C)C(C)C(=O)Nc2cccc(CSc3ccccn3)c2)c1. The predicted molar refractivity (Wildman–Crippen MR) is 123 cm³/mol. The van der Waals surface area contributed by atoms with E-state index in [0.29, 0.717) is 6.54 Å². The van der Waals surface area contributed by atoms with Crippen LogP contribution in [0.25, 0.3) is 0 Å². The number of amides is 1. The van der Waals surface area contributed by atoms with Gasteiger partial charge in [-0.05, 0) is 61.5 Å². The molecule has 1 atom stereocenters. The molecule has 0 aliphatic heterocycles. The molecule has 1 heterocycles. The summed E-state index contributed by atoms with van der Waals surface area (Å²) in [4.78, 5) is 19.1. The normalized spacial score (nSPS) is 11.9. The maximum absolute atomic E-state index is 12.8. The molecule has 1 aromatic heterocycles. The molecule has 0 radical (unpaired) electrons. The molecule has 0 saturated carbocycles. The monoisotopic (exact) mass is 421 g/mol. The number of anilines is 1. The highest BCUT2D eigenvalue weighted by Gasteiger charge is 2.18. The van der Waals surface area contributed by atoms with Gasteiger partial charge in [0.25, 0.3) is 0 Å². The molecule has 3 aromatic rings. The maximum Gasteiger partial charge on any atom is 0.241 e. The van der Waals surface area contributed by atoms with Gasteiger partial charge in [-0.1, -0.05) is 30.3 Å². The van der Waals surface area contributed by atoms with Crippen LogP contribution in [0.2, 0.25) is 0 Å². The highest BCUT2D eigenvalue weighted by atomic mass is 32.2. The largest absolute Gasteiger partial charge is 0.497 e. The summed E-state index contributed by atoms with van der Waals surface area (Å²) in [6.07, 6.45) is 1.79. The zero-order chi connectivity index (χ0) is 21.3. The average molecular weight is 422 g/mol. The number of aromatic nitrogens is 1. The summed E-state index contributed by atoms with van der Waals surface area (Å²) >= 11 is 1.67. The molecule has 0 aliphatic rings. The van der Waals surface area contributed by atoms with Crippen molar-refractivity contribution < 1.29 is 9.53 Å². The van der Waals surface area contributed by atoms with Crippen molar-refractivity contribution >= 4 is 23.4 Å². The molecule has 0 saturated heterocycles. The number of rotatable bonds is 9. The van der Waals surface area contributed by atoms with Crippen LogP contribution in [0.15, 0.2) is 78.0 Å². The lowest BCUT2D eigenvalue weighted by atomic mass is 10.1. The van der Waals surface area contributed by atoms with Crippen LogP contribution >= 0.6 is 11.8 Å². The van der Waals surface area contributed by atoms with Gasteiger partial charge in [0.1, 0.15) is 5.75 Å². The van der Waals surface area contributed by atoms with Crippen LogP contribution in [0, 0.1) is 0 Å². The van der Waals surface area contributed by atoms with E-state index in [9.17, 15) is 4.79 Å². The number of likely N-dealkylation sites (N-methyl/N-ethyl adjacent to an activating group) is 1. The summed E-state index contributed by atoms with van der Waals surface area (Å²) in [6.45, 7) is 2.57. The summed E-state index contributed by atoms with van der Waals surface area (Å²) in [7, 11) is 3.60. The third kappa shape index (κ3) is 6.34. The zero-order valence-electron chi connectivity index (χ0n) is 17.5. The van der Waals surface area contributed by atoms with Crippen molar-refractivity contribution in [1.82, 2.24) is 9.88 Å². The average Bonchev–Trinajstić information content (AvgIpc) is 2.78. The van der Waals surface area contributed by atoms with E-state index in [0.717, 1.165) is 33.3 Å². The highest BCUT2D eigenvalue weighted by Crippen LogP contribution is 2.22. The third-order valence-electron chi connectivity index (χ3n) is 4.83. The number of benzene rings is 2. The molecule has 6 heteroatoms. The van der Waals surface area contributed by atoms with Crippen LogP contribution in [0.3, 0.4) is 0 Å². The summed E-state index contributed by atoms with van der Waals surface area (Å²) in [5.41, 5.74) is 3.05. The molecule has 1 amide bonds. The van der Waals surface area contributed by atoms with E-state index < -0.39 is 0 Å². The Labute approximate surface area is 182 Å². The van der Waals surface area contributed by atoms with E-state index in [-0.39, 0.29) is 11.9 Å². The summed E-state index contributed by atoms with van der Waals surface area (Å²) in [5, 5.41) is 4.03. The van der Waals surface area contributed by atoms with Crippen LogP contribution < -0.4 is 10.1 Å². The fourth-order valence-corrected chi connectivity index (χ4v) is 3.78. The van der Waals surface area contributed by atoms with Crippen molar-refractivity contribution in [2.45, 2.75) is 30.3 Å². The second-order valence-corrected chi connectivity index (χ2v) is 8.08. The molecule has 0 spiro atoms. The number of nitrogens with zero attached hydrogens (tertiary/aromatic N) is 2. The van der Waals surface area contributed by atoms with Crippen molar-refractivity contribution in [3.63, 3.8) is 0 Å². The first kappa shape index (κ1) is 21.9. The van der Waals surface area contributed by atoms with Gasteiger partial charge in [0, 0.05) is 24.2 Å². The number of nitrogens with one attached hydrogen (secondary N) is 1. The van der Waals surface area contributed by atoms with E-state index >= 15 is 0 Å². The highest BCUT2D eigenvalue weighted by molar-refractivity contribution is 7.98. The molecule has 1 N–H and O–H groups in total. The zero-order valence-corrected chi connectivity index (χ0v) is 18.4. The Morgan fingerprint density at radius 3 is 2.67 bits per heavy atom. The van der Waals surface area contributed by atoms with Gasteiger partial charge >= 0.3 is 0 Å².